The molecule has 0 spiro atoms. The molecule has 3 nitrogen and oxygen atoms in total. The van der Waals surface area contributed by atoms with Gasteiger partial charge in [-0.2, -0.15) is 0 Å². The second kappa shape index (κ2) is 3.23. The molecule has 0 atom stereocenters. The molecule has 0 saturated carbocycles. The highest BCUT2D eigenvalue weighted by Crippen LogP contribution is 2.03. The summed E-state index contributed by atoms with van der Waals surface area (Å²) >= 11 is 0. The Bertz CT molecular complexity index is 223. The van der Waals surface area contributed by atoms with E-state index in [1.165, 1.54) is 6.26 Å². The number of ether oxygens (including phenoxy) is 1. The van der Waals surface area contributed by atoms with Crippen LogP contribution in [0.4, 0.5) is 0 Å². The van der Waals surface area contributed by atoms with Gasteiger partial charge in [-0.15, -0.1) is 0 Å². The third kappa shape index (κ3) is 2.11. The highest BCUT2D eigenvalue weighted by molar-refractivity contribution is 5.86. The molecular formula is C8H10O3. The third-order valence-electron chi connectivity index (χ3n) is 1.07. The van der Waals surface area contributed by atoms with E-state index in [2.05, 4.69) is 0 Å². The Kier molecular flexibility index (Phi) is 2.31. The average molecular weight is 154 g/mol. The Hall–Kier alpha value is -1.25. The first kappa shape index (κ1) is 7.85. The molecule has 0 aliphatic rings. The normalized spacial score (nSPS) is 10.1. The minimum atomic E-state index is -0.412. The van der Waals surface area contributed by atoms with Crippen LogP contribution in [-0.2, 0) is 4.74 Å². The Morgan fingerprint density at radius 2 is 2.36 bits per heavy atom. The average Bonchev–Trinajstić information content (AvgIpc) is 2.35. The van der Waals surface area contributed by atoms with E-state index in [-0.39, 0.29) is 11.9 Å². The molecule has 0 bridgehead atoms. The van der Waals surface area contributed by atoms with E-state index in [1.807, 2.05) is 0 Å². The van der Waals surface area contributed by atoms with E-state index >= 15 is 0 Å². The fourth-order valence-corrected chi connectivity index (χ4v) is 0.667. The number of furan rings is 1. The van der Waals surface area contributed by atoms with Gasteiger partial charge in [0.1, 0.15) is 0 Å². The summed E-state index contributed by atoms with van der Waals surface area (Å²) in [5.74, 6) is -0.163. The lowest BCUT2D eigenvalue weighted by molar-refractivity contribution is 0.0341. The summed E-state index contributed by atoms with van der Waals surface area (Å²) in [6.07, 6.45) is 1.34. The van der Waals surface area contributed by atoms with Crippen molar-refractivity contribution in [2.75, 3.05) is 0 Å². The summed E-state index contributed by atoms with van der Waals surface area (Å²) in [5, 5.41) is 0. The fraction of sp³-hybridized carbons (Fsp3) is 0.375. The fourth-order valence-electron chi connectivity index (χ4n) is 0.667. The quantitative estimate of drug-likeness (QED) is 0.610. The van der Waals surface area contributed by atoms with Crippen molar-refractivity contribution in [1.29, 1.82) is 0 Å². The van der Waals surface area contributed by atoms with Gasteiger partial charge in [0.2, 0.25) is 5.76 Å². The lowest BCUT2D eigenvalue weighted by atomic mass is 10.4. The molecule has 11 heavy (non-hydrogen) atoms. The Balaban J connectivity index is 2.57. The summed E-state index contributed by atoms with van der Waals surface area (Å²) in [6.45, 7) is 3.58. The number of hydrogen-bond acceptors (Lipinski definition) is 3. The van der Waals surface area contributed by atoms with E-state index < -0.39 is 5.97 Å². The van der Waals surface area contributed by atoms with E-state index in [9.17, 15) is 4.79 Å². The molecule has 0 aliphatic heterocycles. The van der Waals surface area contributed by atoms with Gasteiger partial charge in [-0.1, -0.05) is 0 Å². The SMILES string of the molecule is CC(C)OC(=O)c1ccco1. The van der Waals surface area contributed by atoms with Gasteiger partial charge in [0, 0.05) is 0 Å². The smallest absolute Gasteiger partial charge is 0.374 e. The van der Waals surface area contributed by atoms with Gasteiger partial charge < -0.3 is 9.15 Å². The molecule has 0 amide bonds. The topological polar surface area (TPSA) is 39.4 Å². The van der Waals surface area contributed by atoms with E-state index in [0.29, 0.717) is 0 Å². The van der Waals surface area contributed by atoms with Crippen LogP contribution in [0.1, 0.15) is 24.4 Å². The summed E-state index contributed by atoms with van der Waals surface area (Å²) < 4.78 is 9.68. The second-order valence-electron chi connectivity index (χ2n) is 2.43. The lowest BCUT2D eigenvalue weighted by Gasteiger charge is -2.04. The Morgan fingerprint density at radius 3 is 2.82 bits per heavy atom. The van der Waals surface area contributed by atoms with Crippen LogP contribution < -0.4 is 0 Å². The molecule has 1 aromatic heterocycles. The number of rotatable bonds is 2. The third-order valence-corrected chi connectivity index (χ3v) is 1.07. The zero-order chi connectivity index (χ0) is 8.27. The molecule has 0 saturated heterocycles. The van der Waals surface area contributed by atoms with Gasteiger partial charge in [-0.05, 0) is 26.0 Å². The molecule has 1 aromatic rings. The van der Waals surface area contributed by atoms with Crippen LogP contribution in [0.25, 0.3) is 0 Å². The van der Waals surface area contributed by atoms with Crippen molar-refractivity contribution in [2.45, 2.75) is 20.0 Å². The van der Waals surface area contributed by atoms with Crippen LogP contribution >= 0.6 is 0 Å². The zero-order valence-electron chi connectivity index (χ0n) is 6.53. The second-order valence-corrected chi connectivity index (χ2v) is 2.43. The van der Waals surface area contributed by atoms with Crippen LogP contribution in [0.2, 0.25) is 0 Å². The van der Waals surface area contributed by atoms with Crippen LogP contribution in [0.5, 0.6) is 0 Å². The molecule has 0 fully saturated rings. The van der Waals surface area contributed by atoms with Crippen molar-refractivity contribution < 1.29 is 13.9 Å². The number of carbonyl (C=O) groups is 1. The van der Waals surface area contributed by atoms with Gasteiger partial charge in [-0.25, -0.2) is 4.79 Å². The highest BCUT2D eigenvalue weighted by Gasteiger charge is 2.10. The zero-order valence-corrected chi connectivity index (χ0v) is 6.53. The highest BCUT2D eigenvalue weighted by atomic mass is 16.6. The van der Waals surface area contributed by atoms with Crippen LogP contribution in [0, 0.1) is 0 Å². The molecule has 1 heterocycles. The molecule has 0 aromatic carbocycles. The Labute approximate surface area is 65.0 Å². The molecule has 0 aliphatic carbocycles. The van der Waals surface area contributed by atoms with Crippen molar-refractivity contribution >= 4 is 5.97 Å². The molecule has 1 rings (SSSR count). The van der Waals surface area contributed by atoms with Gasteiger partial charge in [0.25, 0.3) is 0 Å². The maximum absolute atomic E-state index is 11.0. The van der Waals surface area contributed by atoms with Crippen molar-refractivity contribution in [3.05, 3.63) is 24.2 Å². The first-order chi connectivity index (χ1) is 5.20. The van der Waals surface area contributed by atoms with Gasteiger partial charge >= 0.3 is 5.97 Å². The summed E-state index contributed by atoms with van der Waals surface area (Å²) in [5.41, 5.74) is 0. The predicted molar refractivity (Wildman–Crippen MR) is 39.3 cm³/mol. The Morgan fingerprint density at radius 1 is 1.64 bits per heavy atom. The van der Waals surface area contributed by atoms with Crippen LogP contribution in [-0.4, -0.2) is 12.1 Å². The maximum atomic E-state index is 11.0. The summed E-state index contributed by atoms with van der Waals surface area (Å²) in [4.78, 5) is 11.0. The van der Waals surface area contributed by atoms with Crippen molar-refractivity contribution in [1.82, 2.24) is 0 Å². The lowest BCUT2D eigenvalue weighted by Crippen LogP contribution is -2.10. The summed E-state index contributed by atoms with van der Waals surface area (Å²) in [6, 6.07) is 3.22. The largest absolute Gasteiger partial charge is 0.457 e. The van der Waals surface area contributed by atoms with Gasteiger partial charge in [0.15, 0.2) is 0 Å². The first-order valence-electron chi connectivity index (χ1n) is 3.44. The molecule has 0 N–H and O–H groups in total. The van der Waals surface area contributed by atoms with Crippen molar-refractivity contribution in [3.8, 4) is 0 Å². The predicted octanol–water partition coefficient (Wildman–Crippen LogP) is 1.84. The summed E-state index contributed by atoms with van der Waals surface area (Å²) in [7, 11) is 0. The molecule has 0 radical (unpaired) electrons. The maximum Gasteiger partial charge on any atom is 0.374 e. The van der Waals surface area contributed by atoms with Gasteiger partial charge in [0.05, 0.1) is 12.4 Å². The molecule has 60 valence electrons. The van der Waals surface area contributed by atoms with E-state index in [1.54, 1.807) is 26.0 Å². The minimum absolute atomic E-state index is 0.104. The van der Waals surface area contributed by atoms with Crippen LogP contribution in [0.3, 0.4) is 0 Å². The minimum Gasteiger partial charge on any atom is -0.457 e. The molecule has 3 heteroatoms. The first-order valence-corrected chi connectivity index (χ1v) is 3.44. The number of carbonyl (C=O) groups excluding carboxylic acids is 1. The molecular weight excluding hydrogens is 144 g/mol. The number of esters is 1. The van der Waals surface area contributed by atoms with Gasteiger partial charge in [-0.3, -0.25) is 0 Å². The number of hydrogen-bond donors (Lipinski definition) is 0. The van der Waals surface area contributed by atoms with Crippen molar-refractivity contribution in [2.24, 2.45) is 0 Å². The van der Waals surface area contributed by atoms with E-state index in [4.69, 9.17) is 9.15 Å². The van der Waals surface area contributed by atoms with Crippen LogP contribution in [0.15, 0.2) is 22.8 Å². The monoisotopic (exact) mass is 154 g/mol. The molecule has 0 unspecified atom stereocenters. The van der Waals surface area contributed by atoms with E-state index in [0.717, 1.165) is 0 Å². The standard InChI is InChI=1S/C8H10O3/c1-6(2)11-8(9)7-4-3-5-10-7/h3-6H,1-2H3. The van der Waals surface area contributed by atoms with Crippen molar-refractivity contribution in [3.63, 3.8) is 0 Å².